The normalized spacial score (nSPS) is 12.6. The van der Waals surface area contributed by atoms with Gasteiger partial charge in [0.25, 0.3) is 11.8 Å². The van der Waals surface area contributed by atoms with Gasteiger partial charge in [0.1, 0.15) is 11.6 Å². The number of ketones is 1. The highest BCUT2D eigenvalue weighted by Gasteiger charge is 2.30. The van der Waals surface area contributed by atoms with E-state index in [1.165, 1.54) is 0 Å². The van der Waals surface area contributed by atoms with Crippen molar-refractivity contribution in [2.45, 2.75) is 31.8 Å². The van der Waals surface area contributed by atoms with Crippen LogP contribution in [0, 0.1) is 0 Å². The summed E-state index contributed by atoms with van der Waals surface area (Å²) in [5, 5.41) is 7.30. The molecule has 44 heavy (non-hydrogen) atoms. The standard InChI is InChI=1S/C35H29ClN4O4/c1-2-27(32(41)35-40-29-12-5-6-13-31(29)44-35)38-34(43)30(19-24-20-37-28-11-4-3-10-26(24)28)39-33(42)22-16-14-21(15-17-22)23-8-7-9-25(36)18-23/h3-18,20,27,30,37H,2,19H2,1H3,(H,38,43)(H,39,42)/t27-,30-/m0/s1. The number of halogens is 1. The van der Waals surface area contributed by atoms with Crippen LogP contribution >= 0.6 is 11.6 Å². The predicted octanol–water partition coefficient (Wildman–Crippen LogP) is 6.75. The smallest absolute Gasteiger partial charge is 0.266 e. The SMILES string of the molecule is CC[C@H](NC(=O)[C@H](Cc1c[nH]c2ccccc12)NC(=O)c1ccc(-c2cccc(Cl)c2)cc1)C(=O)c1nc2ccccc2o1. The maximum absolute atomic E-state index is 13.8. The summed E-state index contributed by atoms with van der Waals surface area (Å²) < 4.78 is 5.67. The van der Waals surface area contributed by atoms with E-state index in [1.54, 1.807) is 49.4 Å². The molecule has 0 bridgehead atoms. The van der Waals surface area contributed by atoms with Crippen molar-refractivity contribution >= 4 is 51.2 Å². The number of para-hydroxylation sites is 3. The van der Waals surface area contributed by atoms with Crippen LogP contribution in [0.15, 0.2) is 108 Å². The minimum absolute atomic E-state index is 0.0737. The number of nitrogens with one attached hydrogen (secondary N) is 3. The largest absolute Gasteiger partial charge is 0.434 e. The molecule has 9 heteroatoms. The van der Waals surface area contributed by atoms with Crippen LogP contribution in [0.5, 0.6) is 0 Å². The fourth-order valence-corrected chi connectivity index (χ4v) is 5.40. The maximum Gasteiger partial charge on any atom is 0.266 e. The summed E-state index contributed by atoms with van der Waals surface area (Å²) in [6, 6.07) is 27.5. The van der Waals surface area contributed by atoms with Gasteiger partial charge in [0.2, 0.25) is 11.7 Å². The number of benzene rings is 4. The van der Waals surface area contributed by atoms with Gasteiger partial charge in [-0.3, -0.25) is 14.4 Å². The minimum atomic E-state index is -0.972. The second-order valence-corrected chi connectivity index (χ2v) is 10.9. The number of rotatable bonds is 10. The van der Waals surface area contributed by atoms with Gasteiger partial charge in [0, 0.05) is 34.1 Å². The molecule has 0 spiro atoms. The first-order valence-corrected chi connectivity index (χ1v) is 14.7. The van der Waals surface area contributed by atoms with Gasteiger partial charge < -0.3 is 20.0 Å². The second kappa shape index (κ2) is 12.6. The van der Waals surface area contributed by atoms with Crippen molar-refractivity contribution in [1.29, 1.82) is 0 Å². The first kappa shape index (κ1) is 28.9. The monoisotopic (exact) mass is 604 g/mol. The maximum atomic E-state index is 13.8. The van der Waals surface area contributed by atoms with Crippen molar-refractivity contribution in [3.05, 3.63) is 125 Å². The van der Waals surface area contributed by atoms with E-state index in [0.717, 1.165) is 27.6 Å². The third-order valence-corrected chi connectivity index (χ3v) is 7.81. The molecule has 6 rings (SSSR count). The Balaban J connectivity index is 1.24. The van der Waals surface area contributed by atoms with E-state index in [4.69, 9.17) is 16.0 Å². The van der Waals surface area contributed by atoms with Crippen LogP contribution in [0.25, 0.3) is 33.1 Å². The van der Waals surface area contributed by atoms with Crippen LogP contribution in [-0.4, -0.2) is 39.6 Å². The lowest BCUT2D eigenvalue weighted by Crippen LogP contribution is -2.52. The molecule has 8 nitrogen and oxygen atoms in total. The highest BCUT2D eigenvalue weighted by molar-refractivity contribution is 6.30. The fraction of sp³-hybridized carbons (Fsp3) is 0.143. The number of Topliss-reactive ketones (excluding diaryl/α,β-unsaturated/α-hetero) is 1. The van der Waals surface area contributed by atoms with E-state index in [2.05, 4.69) is 20.6 Å². The Kier molecular flexibility index (Phi) is 8.25. The molecule has 0 radical (unpaired) electrons. The van der Waals surface area contributed by atoms with Crippen molar-refractivity contribution in [3.8, 4) is 11.1 Å². The van der Waals surface area contributed by atoms with Crippen molar-refractivity contribution in [1.82, 2.24) is 20.6 Å². The lowest BCUT2D eigenvalue weighted by atomic mass is 10.0. The number of hydrogen-bond donors (Lipinski definition) is 3. The molecule has 0 aliphatic heterocycles. The van der Waals surface area contributed by atoms with Crippen molar-refractivity contribution < 1.29 is 18.8 Å². The number of aromatic amines is 1. The molecular formula is C35H29ClN4O4. The summed E-state index contributed by atoms with van der Waals surface area (Å²) in [7, 11) is 0. The highest BCUT2D eigenvalue weighted by Crippen LogP contribution is 2.24. The molecule has 2 amide bonds. The number of H-pyrrole nitrogens is 1. The van der Waals surface area contributed by atoms with Crippen LogP contribution in [0.4, 0.5) is 0 Å². The molecule has 6 aromatic rings. The lowest BCUT2D eigenvalue weighted by molar-refractivity contribution is -0.123. The van der Waals surface area contributed by atoms with Gasteiger partial charge in [0.05, 0.1) is 6.04 Å². The molecule has 0 aliphatic carbocycles. The molecule has 2 heterocycles. The average Bonchev–Trinajstić information content (AvgIpc) is 3.67. The quantitative estimate of drug-likeness (QED) is 0.150. The molecule has 0 fully saturated rings. The summed E-state index contributed by atoms with van der Waals surface area (Å²) in [6.45, 7) is 1.79. The molecule has 0 aliphatic rings. The van der Waals surface area contributed by atoms with Gasteiger partial charge in [-0.25, -0.2) is 4.98 Å². The van der Waals surface area contributed by atoms with Gasteiger partial charge in [0.15, 0.2) is 5.58 Å². The molecule has 0 unspecified atom stereocenters. The number of oxazole rings is 1. The van der Waals surface area contributed by atoms with E-state index in [-0.39, 0.29) is 12.3 Å². The molecule has 0 saturated carbocycles. The Labute approximate surface area is 258 Å². The van der Waals surface area contributed by atoms with Crippen LogP contribution in [0.1, 0.15) is 40.0 Å². The fourth-order valence-electron chi connectivity index (χ4n) is 5.21. The third-order valence-electron chi connectivity index (χ3n) is 7.57. The Morgan fingerprint density at radius 2 is 1.64 bits per heavy atom. The van der Waals surface area contributed by atoms with Crippen LogP contribution in [-0.2, 0) is 11.2 Å². The number of aromatic nitrogens is 2. The average molecular weight is 605 g/mol. The summed E-state index contributed by atoms with van der Waals surface area (Å²) in [5.74, 6) is -1.42. The van der Waals surface area contributed by atoms with E-state index >= 15 is 0 Å². The lowest BCUT2D eigenvalue weighted by Gasteiger charge is -2.22. The molecule has 2 atom stereocenters. The zero-order valence-electron chi connectivity index (χ0n) is 23.8. The Hall–Kier alpha value is -5.21. The van der Waals surface area contributed by atoms with Gasteiger partial charge in [-0.1, -0.05) is 73.1 Å². The van der Waals surface area contributed by atoms with Gasteiger partial charge >= 0.3 is 0 Å². The van der Waals surface area contributed by atoms with Crippen molar-refractivity contribution in [2.75, 3.05) is 0 Å². The van der Waals surface area contributed by atoms with Gasteiger partial charge in [-0.2, -0.15) is 0 Å². The van der Waals surface area contributed by atoms with E-state index in [0.29, 0.717) is 28.1 Å². The third kappa shape index (κ3) is 6.11. The summed E-state index contributed by atoms with van der Waals surface area (Å²) in [6.07, 6.45) is 2.34. The zero-order valence-corrected chi connectivity index (χ0v) is 24.6. The summed E-state index contributed by atoms with van der Waals surface area (Å²) in [5.41, 5.74) is 5.04. The highest BCUT2D eigenvalue weighted by atomic mass is 35.5. The first-order chi connectivity index (χ1) is 21.4. The Bertz CT molecular complexity index is 1950. The number of hydrogen-bond acceptors (Lipinski definition) is 5. The molecular weight excluding hydrogens is 576 g/mol. The van der Waals surface area contributed by atoms with Crippen LogP contribution in [0.2, 0.25) is 5.02 Å². The summed E-state index contributed by atoms with van der Waals surface area (Å²) in [4.78, 5) is 48.1. The zero-order chi connectivity index (χ0) is 30.6. The van der Waals surface area contributed by atoms with E-state index in [9.17, 15) is 14.4 Å². The first-order valence-electron chi connectivity index (χ1n) is 14.3. The molecule has 0 saturated heterocycles. The van der Waals surface area contributed by atoms with E-state index in [1.807, 2.05) is 60.8 Å². The Morgan fingerprint density at radius 3 is 2.41 bits per heavy atom. The van der Waals surface area contributed by atoms with Crippen LogP contribution < -0.4 is 10.6 Å². The Morgan fingerprint density at radius 1 is 0.864 bits per heavy atom. The summed E-state index contributed by atoms with van der Waals surface area (Å²) >= 11 is 6.14. The second-order valence-electron chi connectivity index (χ2n) is 10.5. The number of fused-ring (bicyclic) bond motifs is 2. The molecule has 4 aromatic carbocycles. The number of carbonyl (C=O) groups is 3. The molecule has 3 N–H and O–H groups in total. The number of amides is 2. The molecule has 2 aromatic heterocycles. The van der Waals surface area contributed by atoms with Gasteiger partial charge in [-0.15, -0.1) is 0 Å². The number of carbonyl (C=O) groups excluding carboxylic acids is 3. The topological polar surface area (TPSA) is 117 Å². The van der Waals surface area contributed by atoms with Gasteiger partial charge in [-0.05, 0) is 65.6 Å². The van der Waals surface area contributed by atoms with Crippen LogP contribution in [0.3, 0.4) is 0 Å². The minimum Gasteiger partial charge on any atom is -0.434 e. The number of nitrogens with zero attached hydrogens (tertiary/aromatic N) is 1. The molecule has 220 valence electrons. The van der Waals surface area contributed by atoms with Crippen molar-refractivity contribution in [2.24, 2.45) is 0 Å². The van der Waals surface area contributed by atoms with E-state index < -0.39 is 29.7 Å². The van der Waals surface area contributed by atoms with Crippen molar-refractivity contribution in [3.63, 3.8) is 0 Å². The predicted molar refractivity (Wildman–Crippen MR) is 171 cm³/mol.